The number of rotatable bonds is 7. The smallest absolute Gasteiger partial charge is 0.174 e. The number of hydrogen-bond acceptors (Lipinski definition) is 3. The molecule has 0 aliphatic heterocycles. The molecule has 3 nitrogen and oxygen atoms in total. The van der Waals surface area contributed by atoms with Crippen LogP contribution in [0, 0.1) is 19.7 Å². The highest BCUT2D eigenvalue weighted by Gasteiger charge is 2.28. The number of benzene rings is 1. The molecule has 1 aliphatic carbocycles. The third-order valence-corrected chi connectivity index (χ3v) is 5.41. The van der Waals surface area contributed by atoms with E-state index in [0.717, 1.165) is 22.5 Å². The molecule has 24 heavy (non-hydrogen) atoms. The van der Waals surface area contributed by atoms with Crippen LogP contribution in [-0.2, 0) is 5.75 Å². The molecule has 0 N–H and O–H groups in total. The van der Waals surface area contributed by atoms with Gasteiger partial charge in [-0.2, -0.15) is 0 Å². The molecule has 3 rings (SSSR count). The molecule has 1 aliphatic rings. The lowest BCUT2D eigenvalue weighted by atomic mass is 10.2. The predicted octanol–water partition coefficient (Wildman–Crippen LogP) is 4.70. The molecule has 0 atom stereocenters. The van der Waals surface area contributed by atoms with E-state index in [4.69, 9.17) is 4.74 Å². The van der Waals surface area contributed by atoms with Crippen molar-refractivity contribution in [3.8, 4) is 5.75 Å². The maximum atomic E-state index is 13.4. The summed E-state index contributed by atoms with van der Waals surface area (Å²) in [5.41, 5.74) is 3.83. The normalized spacial score (nSPS) is 14.0. The first-order valence-electron chi connectivity index (χ1n) is 8.13. The summed E-state index contributed by atoms with van der Waals surface area (Å²) in [7, 11) is 1.57. The first-order valence-corrected chi connectivity index (χ1v) is 9.28. The van der Waals surface area contributed by atoms with Gasteiger partial charge in [0.05, 0.1) is 12.9 Å². The Hall–Kier alpha value is -1.75. The largest absolute Gasteiger partial charge is 0.496 e. The van der Waals surface area contributed by atoms with Crippen molar-refractivity contribution >= 4 is 17.5 Å². The molecule has 2 aromatic rings. The van der Waals surface area contributed by atoms with Gasteiger partial charge in [0.15, 0.2) is 5.78 Å². The Morgan fingerprint density at radius 2 is 2.08 bits per heavy atom. The lowest BCUT2D eigenvalue weighted by molar-refractivity contribution is 0.102. The maximum Gasteiger partial charge on any atom is 0.174 e. The molecule has 1 heterocycles. The van der Waals surface area contributed by atoms with Crippen molar-refractivity contribution in [1.29, 1.82) is 0 Å². The van der Waals surface area contributed by atoms with Crippen molar-refractivity contribution in [2.45, 2.75) is 38.5 Å². The number of ketones is 1. The third-order valence-electron chi connectivity index (χ3n) is 4.43. The van der Waals surface area contributed by atoms with Gasteiger partial charge >= 0.3 is 0 Å². The first kappa shape index (κ1) is 17.1. The number of methoxy groups -OCH3 is 1. The Morgan fingerprint density at radius 3 is 2.75 bits per heavy atom. The van der Waals surface area contributed by atoms with Crippen molar-refractivity contribution in [2.75, 3.05) is 12.9 Å². The van der Waals surface area contributed by atoms with E-state index in [1.165, 1.54) is 36.7 Å². The second-order valence-electron chi connectivity index (χ2n) is 6.26. The molecule has 1 fully saturated rings. The minimum Gasteiger partial charge on any atom is -0.496 e. The Bertz CT molecular complexity index is 765. The minimum atomic E-state index is -0.286. The summed E-state index contributed by atoms with van der Waals surface area (Å²) in [5, 5.41) is 0. The molecular weight excluding hydrogens is 325 g/mol. The van der Waals surface area contributed by atoms with Gasteiger partial charge in [-0.05, 0) is 51.0 Å². The monoisotopic (exact) mass is 347 g/mol. The highest BCUT2D eigenvalue weighted by molar-refractivity contribution is 7.99. The second-order valence-corrected chi connectivity index (χ2v) is 7.24. The number of halogens is 1. The number of carbonyl (C=O) groups excluding carboxylic acids is 1. The fourth-order valence-corrected chi connectivity index (χ4v) is 4.03. The Labute approximate surface area is 146 Å². The summed E-state index contributed by atoms with van der Waals surface area (Å²) in [4.78, 5) is 12.5. The van der Waals surface area contributed by atoms with Gasteiger partial charge in [-0.15, -0.1) is 11.8 Å². The number of thioether (sulfide) groups is 1. The second kappa shape index (κ2) is 7.01. The zero-order valence-electron chi connectivity index (χ0n) is 14.3. The van der Waals surface area contributed by atoms with E-state index in [1.807, 2.05) is 13.0 Å². The van der Waals surface area contributed by atoms with Gasteiger partial charge in [-0.1, -0.05) is 0 Å². The van der Waals surface area contributed by atoms with E-state index >= 15 is 0 Å². The van der Waals surface area contributed by atoms with Gasteiger partial charge in [0.2, 0.25) is 0 Å². The van der Waals surface area contributed by atoms with Crippen LogP contribution in [0.4, 0.5) is 4.39 Å². The van der Waals surface area contributed by atoms with E-state index in [1.54, 1.807) is 13.2 Å². The average Bonchev–Trinajstić information content (AvgIpc) is 3.33. The summed E-state index contributed by atoms with van der Waals surface area (Å²) >= 11 is 1.49. The fraction of sp³-hybridized carbons (Fsp3) is 0.421. The summed E-state index contributed by atoms with van der Waals surface area (Å²) in [6.07, 6.45) is 2.41. The third kappa shape index (κ3) is 3.51. The standard InChI is InChI=1S/C19H22FNO2S/c1-12-8-17(13(2)21(12)16-5-6-16)18(22)11-24-10-14-9-15(20)4-7-19(14)23-3/h4,7-9,16H,5-6,10-11H2,1-3H3. The molecule has 0 spiro atoms. The number of nitrogens with zero attached hydrogens (tertiary/aromatic N) is 1. The summed E-state index contributed by atoms with van der Waals surface area (Å²) in [5.74, 6) is 1.44. The zero-order chi connectivity index (χ0) is 17.3. The highest BCUT2D eigenvalue weighted by Crippen LogP contribution is 2.38. The Morgan fingerprint density at radius 1 is 1.33 bits per heavy atom. The molecule has 1 aromatic heterocycles. The molecule has 0 amide bonds. The van der Waals surface area contributed by atoms with Crippen molar-refractivity contribution < 1.29 is 13.9 Å². The molecule has 5 heteroatoms. The van der Waals surface area contributed by atoms with Crippen LogP contribution in [0.1, 0.15) is 46.2 Å². The van der Waals surface area contributed by atoms with E-state index < -0.39 is 0 Å². The van der Waals surface area contributed by atoms with E-state index in [-0.39, 0.29) is 11.6 Å². The summed E-state index contributed by atoms with van der Waals surface area (Å²) in [6.45, 7) is 4.09. The van der Waals surface area contributed by atoms with Gasteiger partial charge in [0.25, 0.3) is 0 Å². The zero-order valence-corrected chi connectivity index (χ0v) is 15.1. The van der Waals surface area contributed by atoms with Crippen LogP contribution in [0.3, 0.4) is 0 Å². The molecule has 1 aromatic carbocycles. The number of carbonyl (C=O) groups is 1. The van der Waals surface area contributed by atoms with Crippen molar-refractivity contribution in [3.63, 3.8) is 0 Å². The number of aromatic nitrogens is 1. The van der Waals surface area contributed by atoms with Crippen LogP contribution < -0.4 is 4.74 Å². The summed E-state index contributed by atoms with van der Waals surface area (Å²) in [6, 6.07) is 7.05. The number of Topliss-reactive ketones (excluding diaryl/α,β-unsaturated/α-hetero) is 1. The van der Waals surface area contributed by atoms with Gasteiger partial charge in [-0.25, -0.2) is 4.39 Å². The van der Waals surface area contributed by atoms with Crippen LogP contribution in [-0.4, -0.2) is 23.2 Å². The first-order chi connectivity index (χ1) is 11.5. The summed E-state index contributed by atoms with van der Waals surface area (Å²) < 4.78 is 20.9. The maximum absolute atomic E-state index is 13.4. The van der Waals surface area contributed by atoms with Gasteiger partial charge < -0.3 is 9.30 Å². The van der Waals surface area contributed by atoms with Crippen molar-refractivity contribution in [1.82, 2.24) is 4.57 Å². The highest BCUT2D eigenvalue weighted by atomic mass is 32.2. The quantitative estimate of drug-likeness (QED) is 0.680. The number of hydrogen-bond donors (Lipinski definition) is 0. The van der Waals surface area contributed by atoms with Crippen LogP contribution in [0.5, 0.6) is 5.75 Å². The minimum absolute atomic E-state index is 0.135. The fourth-order valence-electron chi connectivity index (χ4n) is 3.15. The van der Waals surface area contributed by atoms with Gasteiger partial charge in [-0.3, -0.25) is 4.79 Å². The van der Waals surface area contributed by atoms with Crippen molar-refractivity contribution in [2.24, 2.45) is 0 Å². The van der Waals surface area contributed by atoms with Crippen LogP contribution >= 0.6 is 11.8 Å². The molecule has 0 bridgehead atoms. The molecule has 1 saturated carbocycles. The van der Waals surface area contributed by atoms with Crippen LogP contribution in [0.25, 0.3) is 0 Å². The SMILES string of the molecule is COc1ccc(F)cc1CSCC(=O)c1cc(C)n(C2CC2)c1C. The van der Waals surface area contributed by atoms with Crippen molar-refractivity contribution in [3.05, 3.63) is 52.6 Å². The predicted molar refractivity (Wildman–Crippen MR) is 95.6 cm³/mol. The Kier molecular flexibility index (Phi) is 4.99. The molecule has 0 unspecified atom stereocenters. The Balaban J connectivity index is 1.64. The van der Waals surface area contributed by atoms with Crippen LogP contribution in [0.15, 0.2) is 24.3 Å². The van der Waals surface area contributed by atoms with Gasteiger partial charge in [0, 0.05) is 34.3 Å². The number of ether oxygens (including phenoxy) is 1. The van der Waals surface area contributed by atoms with Gasteiger partial charge in [0.1, 0.15) is 11.6 Å². The van der Waals surface area contributed by atoms with E-state index in [0.29, 0.717) is 23.3 Å². The molecule has 0 radical (unpaired) electrons. The topological polar surface area (TPSA) is 31.2 Å². The molecule has 0 saturated heterocycles. The average molecular weight is 347 g/mol. The number of aryl methyl sites for hydroxylation is 1. The van der Waals surface area contributed by atoms with E-state index in [9.17, 15) is 9.18 Å². The van der Waals surface area contributed by atoms with E-state index in [2.05, 4.69) is 11.5 Å². The molecule has 128 valence electrons. The lowest BCUT2D eigenvalue weighted by Crippen LogP contribution is -2.06. The molecular formula is C19H22FNO2S. The lowest BCUT2D eigenvalue weighted by Gasteiger charge is -2.09. The van der Waals surface area contributed by atoms with Crippen LogP contribution in [0.2, 0.25) is 0 Å².